The van der Waals surface area contributed by atoms with Crippen LogP contribution in [0.5, 0.6) is 0 Å². The van der Waals surface area contributed by atoms with Crippen molar-refractivity contribution < 1.29 is 5.11 Å². The fraction of sp³-hybridized carbons (Fsp3) is 0.700. The number of rotatable bonds is 4. The molecule has 0 aliphatic heterocycles. The quantitative estimate of drug-likeness (QED) is 0.763. The van der Waals surface area contributed by atoms with Crippen LogP contribution in [0.25, 0.3) is 0 Å². The minimum Gasteiger partial charge on any atom is -0.393 e. The molecule has 1 atom stereocenters. The molecule has 0 saturated carbocycles. The molecule has 0 fully saturated rings. The van der Waals surface area contributed by atoms with Gasteiger partial charge in [0, 0.05) is 19.7 Å². The summed E-state index contributed by atoms with van der Waals surface area (Å²) in [6.07, 6.45) is 3.16. The Labute approximate surface area is 79.4 Å². The number of hydrogen-bond acceptors (Lipinski definition) is 2. The summed E-state index contributed by atoms with van der Waals surface area (Å²) in [5, 5.41) is 13.8. The molecule has 1 aromatic rings. The van der Waals surface area contributed by atoms with Gasteiger partial charge in [0.15, 0.2) is 0 Å². The van der Waals surface area contributed by atoms with Crippen LogP contribution in [0, 0.1) is 5.92 Å². The second-order valence-corrected chi connectivity index (χ2v) is 3.97. The van der Waals surface area contributed by atoms with Crippen LogP contribution < -0.4 is 0 Å². The maximum Gasteiger partial charge on any atom is 0.0650 e. The van der Waals surface area contributed by atoms with Gasteiger partial charge in [-0.05, 0) is 18.4 Å². The van der Waals surface area contributed by atoms with E-state index in [0.29, 0.717) is 12.3 Å². The zero-order valence-electron chi connectivity index (χ0n) is 8.57. The molecule has 0 amide bonds. The molecule has 0 bridgehead atoms. The highest BCUT2D eigenvalue weighted by molar-refractivity contribution is 5.00. The van der Waals surface area contributed by atoms with E-state index >= 15 is 0 Å². The molecule has 0 spiro atoms. The lowest BCUT2D eigenvalue weighted by molar-refractivity contribution is 0.148. The number of aliphatic hydroxyl groups is 1. The second-order valence-electron chi connectivity index (χ2n) is 3.97. The SMILES string of the molecule is CC(C)CC(O)Cc1ccn(C)n1. The Balaban J connectivity index is 2.40. The summed E-state index contributed by atoms with van der Waals surface area (Å²) in [5.74, 6) is 0.540. The highest BCUT2D eigenvalue weighted by Crippen LogP contribution is 2.09. The molecular formula is C10H18N2O. The average molecular weight is 182 g/mol. The van der Waals surface area contributed by atoms with Gasteiger partial charge in [0.05, 0.1) is 11.8 Å². The third-order valence-corrected chi connectivity index (χ3v) is 1.96. The van der Waals surface area contributed by atoms with Gasteiger partial charge in [0.2, 0.25) is 0 Å². The Morgan fingerprint density at radius 1 is 1.54 bits per heavy atom. The largest absolute Gasteiger partial charge is 0.393 e. The lowest BCUT2D eigenvalue weighted by Gasteiger charge is -2.10. The van der Waals surface area contributed by atoms with Crippen molar-refractivity contribution in [3.8, 4) is 0 Å². The summed E-state index contributed by atoms with van der Waals surface area (Å²) in [7, 11) is 1.89. The number of hydrogen-bond donors (Lipinski definition) is 1. The molecule has 0 saturated heterocycles. The van der Waals surface area contributed by atoms with E-state index in [0.717, 1.165) is 12.1 Å². The molecule has 1 heterocycles. The average Bonchev–Trinajstić information content (AvgIpc) is 2.33. The Hall–Kier alpha value is -0.830. The van der Waals surface area contributed by atoms with E-state index in [2.05, 4.69) is 18.9 Å². The Bertz CT molecular complexity index is 255. The van der Waals surface area contributed by atoms with Gasteiger partial charge in [0.1, 0.15) is 0 Å². The number of nitrogens with zero attached hydrogens (tertiary/aromatic N) is 2. The maximum atomic E-state index is 9.63. The highest BCUT2D eigenvalue weighted by atomic mass is 16.3. The lowest BCUT2D eigenvalue weighted by Crippen LogP contribution is -2.13. The van der Waals surface area contributed by atoms with Crippen LogP contribution in [0.15, 0.2) is 12.3 Å². The predicted octanol–water partition coefficient (Wildman–Crippen LogP) is 1.37. The van der Waals surface area contributed by atoms with E-state index in [9.17, 15) is 5.11 Å². The van der Waals surface area contributed by atoms with Crippen molar-refractivity contribution in [3.63, 3.8) is 0 Å². The molecule has 3 heteroatoms. The highest BCUT2D eigenvalue weighted by Gasteiger charge is 2.09. The molecule has 1 unspecified atom stereocenters. The van der Waals surface area contributed by atoms with E-state index in [-0.39, 0.29) is 6.10 Å². The number of aryl methyl sites for hydroxylation is 1. The second kappa shape index (κ2) is 4.42. The van der Waals surface area contributed by atoms with Gasteiger partial charge in [-0.15, -0.1) is 0 Å². The topological polar surface area (TPSA) is 38.0 Å². The fourth-order valence-corrected chi connectivity index (χ4v) is 1.44. The van der Waals surface area contributed by atoms with Crippen LogP contribution in [-0.4, -0.2) is 21.0 Å². The summed E-state index contributed by atoms with van der Waals surface area (Å²) < 4.78 is 1.76. The monoisotopic (exact) mass is 182 g/mol. The molecule has 1 N–H and O–H groups in total. The zero-order chi connectivity index (χ0) is 9.84. The molecule has 74 valence electrons. The molecule has 0 radical (unpaired) electrons. The molecule has 1 rings (SSSR count). The summed E-state index contributed by atoms with van der Waals surface area (Å²) >= 11 is 0. The fourth-order valence-electron chi connectivity index (χ4n) is 1.44. The van der Waals surface area contributed by atoms with Gasteiger partial charge in [0.25, 0.3) is 0 Å². The van der Waals surface area contributed by atoms with Gasteiger partial charge in [-0.25, -0.2) is 0 Å². The van der Waals surface area contributed by atoms with Crippen molar-refractivity contribution >= 4 is 0 Å². The van der Waals surface area contributed by atoms with Gasteiger partial charge in [-0.1, -0.05) is 13.8 Å². The molecule has 13 heavy (non-hydrogen) atoms. The smallest absolute Gasteiger partial charge is 0.0650 e. The molecule has 3 nitrogen and oxygen atoms in total. The van der Waals surface area contributed by atoms with Crippen molar-refractivity contribution in [2.24, 2.45) is 13.0 Å². The lowest BCUT2D eigenvalue weighted by atomic mass is 10.0. The normalized spacial score (nSPS) is 13.6. The van der Waals surface area contributed by atoms with Crippen LogP contribution in [0.2, 0.25) is 0 Å². The van der Waals surface area contributed by atoms with E-state index in [1.165, 1.54) is 0 Å². The Morgan fingerprint density at radius 2 is 2.23 bits per heavy atom. The minimum absolute atomic E-state index is 0.255. The van der Waals surface area contributed by atoms with E-state index in [4.69, 9.17) is 0 Å². The van der Waals surface area contributed by atoms with E-state index in [1.807, 2.05) is 19.3 Å². The van der Waals surface area contributed by atoms with Crippen LogP contribution in [0.4, 0.5) is 0 Å². The van der Waals surface area contributed by atoms with Gasteiger partial charge in [-0.3, -0.25) is 4.68 Å². The van der Waals surface area contributed by atoms with E-state index < -0.39 is 0 Å². The Kier molecular flexibility index (Phi) is 3.48. The third-order valence-electron chi connectivity index (χ3n) is 1.96. The summed E-state index contributed by atoms with van der Waals surface area (Å²) in [6.45, 7) is 4.23. The van der Waals surface area contributed by atoms with Crippen molar-refractivity contribution in [1.82, 2.24) is 9.78 Å². The van der Waals surface area contributed by atoms with Crippen LogP contribution in [0.1, 0.15) is 26.0 Å². The maximum absolute atomic E-state index is 9.63. The van der Waals surface area contributed by atoms with Crippen molar-refractivity contribution in [2.45, 2.75) is 32.8 Å². The first kappa shape index (κ1) is 10.3. The first-order valence-corrected chi connectivity index (χ1v) is 4.74. The van der Waals surface area contributed by atoms with Crippen molar-refractivity contribution in [2.75, 3.05) is 0 Å². The molecular weight excluding hydrogens is 164 g/mol. The molecule has 1 aromatic heterocycles. The van der Waals surface area contributed by atoms with Gasteiger partial charge >= 0.3 is 0 Å². The summed E-state index contributed by atoms with van der Waals surface area (Å²) in [6, 6.07) is 1.95. The zero-order valence-corrected chi connectivity index (χ0v) is 8.57. The van der Waals surface area contributed by atoms with Gasteiger partial charge in [-0.2, -0.15) is 5.10 Å². The molecule has 0 aliphatic rings. The first-order chi connectivity index (χ1) is 6.08. The summed E-state index contributed by atoms with van der Waals surface area (Å²) in [4.78, 5) is 0. The summed E-state index contributed by atoms with van der Waals surface area (Å²) in [5.41, 5.74) is 0.968. The van der Waals surface area contributed by atoms with Crippen LogP contribution in [-0.2, 0) is 13.5 Å². The van der Waals surface area contributed by atoms with Crippen LogP contribution >= 0.6 is 0 Å². The number of aromatic nitrogens is 2. The van der Waals surface area contributed by atoms with Gasteiger partial charge < -0.3 is 5.11 Å². The third kappa shape index (κ3) is 3.59. The molecule has 0 aliphatic carbocycles. The Morgan fingerprint density at radius 3 is 2.69 bits per heavy atom. The standard InChI is InChI=1S/C10H18N2O/c1-8(2)6-10(13)7-9-4-5-12(3)11-9/h4-5,8,10,13H,6-7H2,1-3H3. The first-order valence-electron chi connectivity index (χ1n) is 4.74. The number of aliphatic hydroxyl groups excluding tert-OH is 1. The van der Waals surface area contributed by atoms with E-state index in [1.54, 1.807) is 4.68 Å². The minimum atomic E-state index is -0.255. The predicted molar refractivity (Wildman–Crippen MR) is 52.4 cm³/mol. The van der Waals surface area contributed by atoms with Crippen molar-refractivity contribution in [3.05, 3.63) is 18.0 Å². The molecule has 0 aromatic carbocycles. The van der Waals surface area contributed by atoms with Crippen molar-refractivity contribution in [1.29, 1.82) is 0 Å². The van der Waals surface area contributed by atoms with Crippen LogP contribution in [0.3, 0.4) is 0 Å².